The molecule has 34 heavy (non-hydrogen) atoms. The second kappa shape index (κ2) is 7.86. The number of hydrogen-bond acceptors (Lipinski definition) is 4. The van der Waals surface area contributed by atoms with Crippen molar-refractivity contribution in [3.8, 4) is 17.2 Å². The molecule has 1 atom stereocenters. The monoisotopic (exact) mass is 460 g/mol. The smallest absolute Gasteiger partial charge is 0.259 e. The summed E-state index contributed by atoms with van der Waals surface area (Å²) < 4.78 is 32.4. The van der Waals surface area contributed by atoms with Gasteiger partial charge in [0, 0.05) is 30.4 Å². The van der Waals surface area contributed by atoms with Gasteiger partial charge < -0.3 is 9.88 Å². The number of amides is 1. The number of benzene rings is 1. The van der Waals surface area contributed by atoms with Crippen LogP contribution < -0.4 is 5.32 Å². The number of fused-ring (bicyclic) bond motifs is 1. The number of halogens is 2. The van der Waals surface area contributed by atoms with Gasteiger partial charge in [0.15, 0.2) is 12.1 Å². The van der Waals surface area contributed by atoms with Crippen LogP contribution in [0.5, 0.6) is 0 Å². The highest BCUT2D eigenvalue weighted by Crippen LogP contribution is 2.39. The van der Waals surface area contributed by atoms with Crippen LogP contribution in [-0.2, 0) is 6.42 Å². The van der Waals surface area contributed by atoms with Crippen LogP contribution in [0.3, 0.4) is 0 Å². The lowest BCUT2D eigenvalue weighted by Gasteiger charge is -2.12. The van der Waals surface area contributed by atoms with Gasteiger partial charge in [0.1, 0.15) is 17.3 Å². The van der Waals surface area contributed by atoms with Crippen molar-refractivity contribution in [2.75, 3.05) is 5.32 Å². The molecule has 6 rings (SSSR count). The molecule has 4 aromatic rings. The van der Waals surface area contributed by atoms with Crippen molar-refractivity contribution in [3.63, 3.8) is 0 Å². The molecule has 1 fully saturated rings. The Morgan fingerprint density at radius 3 is 2.85 bits per heavy atom. The van der Waals surface area contributed by atoms with E-state index >= 15 is 0 Å². The summed E-state index contributed by atoms with van der Waals surface area (Å²) in [5.74, 6) is -0.113. The number of hydrogen-bond donors (Lipinski definition) is 1. The van der Waals surface area contributed by atoms with Crippen LogP contribution >= 0.6 is 0 Å². The first-order valence-corrected chi connectivity index (χ1v) is 11.3. The van der Waals surface area contributed by atoms with E-state index in [1.807, 2.05) is 10.8 Å². The normalized spacial score (nSPS) is 17.1. The summed E-state index contributed by atoms with van der Waals surface area (Å²) in [6.45, 7) is 1.79. The van der Waals surface area contributed by atoms with E-state index in [2.05, 4.69) is 20.3 Å². The van der Waals surface area contributed by atoms with Gasteiger partial charge in [0.2, 0.25) is 0 Å². The van der Waals surface area contributed by atoms with Crippen molar-refractivity contribution >= 4 is 11.7 Å². The Labute approximate surface area is 194 Å². The van der Waals surface area contributed by atoms with E-state index in [9.17, 15) is 13.6 Å². The second-order valence-corrected chi connectivity index (χ2v) is 8.88. The van der Waals surface area contributed by atoms with Crippen molar-refractivity contribution in [1.82, 2.24) is 24.1 Å². The van der Waals surface area contributed by atoms with E-state index in [1.54, 1.807) is 37.6 Å². The number of carbonyl (C=O) groups excluding carboxylic acids is 1. The molecule has 172 valence electrons. The fourth-order valence-corrected chi connectivity index (χ4v) is 4.46. The summed E-state index contributed by atoms with van der Waals surface area (Å²) in [4.78, 5) is 26.2. The summed E-state index contributed by atoms with van der Waals surface area (Å²) in [5, 5.41) is 2.67. The second-order valence-electron chi connectivity index (χ2n) is 8.88. The minimum absolute atomic E-state index is 0.0972. The maximum atomic E-state index is 14.8. The highest BCUT2D eigenvalue weighted by Gasteiger charge is 2.27. The van der Waals surface area contributed by atoms with Crippen LogP contribution in [0.25, 0.3) is 17.2 Å². The molecule has 1 aliphatic carbocycles. The molecule has 0 spiro atoms. The van der Waals surface area contributed by atoms with Crippen LogP contribution in [0, 0.1) is 12.7 Å². The summed E-state index contributed by atoms with van der Waals surface area (Å²) in [6, 6.07) is 7.88. The highest BCUT2D eigenvalue weighted by atomic mass is 19.1. The maximum absolute atomic E-state index is 14.8. The SMILES string of the molecule is Cc1cc(F)c(C(=O)Nc2cccc(-c3ncc4n3[C@H](F)CC4)n2)cc1-n1cnc(C2CC2)c1. The van der Waals surface area contributed by atoms with Gasteiger partial charge in [0.05, 0.1) is 23.3 Å². The fraction of sp³-hybridized carbons (Fsp3) is 0.280. The topological polar surface area (TPSA) is 77.6 Å². The molecule has 1 N–H and O–H groups in total. The number of alkyl halides is 1. The molecule has 0 radical (unpaired) electrons. The van der Waals surface area contributed by atoms with Gasteiger partial charge in [-0.25, -0.2) is 23.7 Å². The lowest BCUT2D eigenvalue weighted by molar-refractivity contribution is 0.102. The Morgan fingerprint density at radius 1 is 1.18 bits per heavy atom. The minimum Gasteiger partial charge on any atom is -0.306 e. The Hall–Kier alpha value is -3.88. The number of rotatable bonds is 5. The number of aromatic nitrogens is 5. The van der Waals surface area contributed by atoms with Gasteiger partial charge in [-0.15, -0.1) is 0 Å². The van der Waals surface area contributed by atoms with Crippen molar-refractivity contribution in [2.24, 2.45) is 0 Å². The third-order valence-corrected chi connectivity index (χ3v) is 6.42. The van der Waals surface area contributed by atoms with Crippen molar-refractivity contribution in [2.45, 2.75) is 44.8 Å². The Bertz CT molecular complexity index is 1420. The van der Waals surface area contributed by atoms with Crippen molar-refractivity contribution in [3.05, 3.63) is 77.4 Å². The summed E-state index contributed by atoms with van der Waals surface area (Å²) in [7, 11) is 0. The number of nitrogens with zero attached hydrogens (tertiary/aromatic N) is 5. The zero-order valence-electron chi connectivity index (χ0n) is 18.5. The van der Waals surface area contributed by atoms with Crippen LogP contribution in [0.2, 0.25) is 0 Å². The van der Waals surface area contributed by atoms with E-state index < -0.39 is 18.0 Å². The van der Waals surface area contributed by atoms with Crippen molar-refractivity contribution in [1.29, 1.82) is 0 Å². The molecule has 4 heterocycles. The van der Waals surface area contributed by atoms with Gasteiger partial charge >= 0.3 is 0 Å². The Balaban J connectivity index is 1.28. The lowest BCUT2D eigenvalue weighted by Crippen LogP contribution is -2.16. The number of nitrogens with one attached hydrogen (secondary N) is 1. The van der Waals surface area contributed by atoms with Crippen LogP contribution in [-0.4, -0.2) is 30.0 Å². The first kappa shape index (κ1) is 20.7. The highest BCUT2D eigenvalue weighted by molar-refractivity contribution is 6.04. The van der Waals surface area contributed by atoms with Gasteiger partial charge in [0.25, 0.3) is 5.91 Å². The number of aryl methyl sites for hydroxylation is 2. The van der Waals surface area contributed by atoms with Crippen molar-refractivity contribution < 1.29 is 13.6 Å². The number of imidazole rings is 2. The van der Waals surface area contributed by atoms with Gasteiger partial charge in [-0.3, -0.25) is 9.36 Å². The van der Waals surface area contributed by atoms with E-state index in [-0.39, 0.29) is 11.4 Å². The molecule has 2 aliphatic rings. The van der Waals surface area contributed by atoms with E-state index in [4.69, 9.17) is 0 Å². The van der Waals surface area contributed by atoms with Crippen LogP contribution in [0.15, 0.2) is 49.1 Å². The quantitative estimate of drug-likeness (QED) is 0.448. The predicted octanol–water partition coefficient (Wildman–Crippen LogP) is 5.12. The first-order valence-electron chi connectivity index (χ1n) is 11.3. The third-order valence-electron chi connectivity index (χ3n) is 6.42. The Kier molecular flexibility index (Phi) is 4.79. The molecule has 1 saturated carbocycles. The van der Waals surface area contributed by atoms with E-state index in [1.165, 1.54) is 16.7 Å². The largest absolute Gasteiger partial charge is 0.306 e. The number of carbonyl (C=O) groups is 1. The zero-order chi connectivity index (χ0) is 23.4. The van der Waals surface area contributed by atoms with Crippen LogP contribution in [0.1, 0.15) is 58.8 Å². The summed E-state index contributed by atoms with van der Waals surface area (Å²) in [5.41, 5.74) is 3.55. The number of pyridine rings is 1. The lowest BCUT2D eigenvalue weighted by atomic mass is 10.1. The molecule has 0 bridgehead atoms. The van der Waals surface area contributed by atoms with E-state index in [0.717, 1.165) is 24.2 Å². The minimum atomic E-state index is -1.14. The first-order chi connectivity index (χ1) is 16.5. The third kappa shape index (κ3) is 3.57. The molecular formula is C25H22F2N6O. The summed E-state index contributed by atoms with van der Waals surface area (Å²) >= 11 is 0. The number of anilines is 1. The maximum Gasteiger partial charge on any atom is 0.259 e. The van der Waals surface area contributed by atoms with E-state index in [0.29, 0.717) is 41.5 Å². The molecule has 1 amide bonds. The Morgan fingerprint density at radius 2 is 2.03 bits per heavy atom. The predicted molar refractivity (Wildman–Crippen MR) is 122 cm³/mol. The molecule has 1 aliphatic heterocycles. The standard InChI is InChI=1S/C25H22F2N6O/c1-14-9-18(26)17(10-21(14)32-12-20(29-13-32)15-5-6-15)25(34)31-23-4-2-3-19(30-23)24-28-11-16-7-8-22(27)33(16)24/h2-4,9-13,15,22H,5-8H2,1H3,(H,30,31,34)/t22-/m0/s1. The fourth-order valence-electron chi connectivity index (χ4n) is 4.46. The molecular weight excluding hydrogens is 438 g/mol. The average molecular weight is 460 g/mol. The molecule has 0 unspecified atom stereocenters. The molecule has 9 heteroatoms. The molecule has 0 saturated heterocycles. The van der Waals surface area contributed by atoms with Gasteiger partial charge in [-0.1, -0.05) is 6.07 Å². The zero-order valence-corrected chi connectivity index (χ0v) is 18.5. The van der Waals surface area contributed by atoms with Gasteiger partial charge in [-0.2, -0.15) is 0 Å². The molecule has 3 aromatic heterocycles. The molecule has 1 aromatic carbocycles. The van der Waals surface area contributed by atoms with Gasteiger partial charge in [-0.05, 0) is 56.0 Å². The summed E-state index contributed by atoms with van der Waals surface area (Å²) in [6.07, 6.45) is 7.44. The molecule has 7 nitrogen and oxygen atoms in total. The average Bonchev–Trinajstić information content (AvgIpc) is 3.23. The van der Waals surface area contributed by atoms with Crippen LogP contribution in [0.4, 0.5) is 14.6 Å².